The lowest BCUT2D eigenvalue weighted by molar-refractivity contribution is 0.660. The fourth-order valence-corrected chi connectivity index (χ4v) is 10.1. The number of aromatic nitrogens is 2. The predicted molar refractivity (Wildman–Crippen MR) is 265 cm³/mol. The van der Waals surface area contributed by atoms with Crippen molar-refractivity contribution >= 4 is 49.6 Å². The van der Waals surface area contributed by atoms with Crippen LogP contribution in [0.3, 0.4) is 0 Å². The molecule has 0 unspecified atom stereocenters. The van der Waals surface area contributed by atoms with Crippen molar-refractivity contribution in [1.29, 1.82) is 0 Å². The summed E-state index contributed by atoms with van der Waals surface area (Å²) < 4.78 is 2.26. The number of nitrogens with zero attached hydrogens (tertiary/aromatic N) is 3. The van der Waals surface area contributed by atoms with Crippen molar-refractivity contribution in [2.75, 3.05) is 4.90 Å². The minimum absolute atomic E-state index is 0.0795. The molecule has 63 heavy (non-hydrogen) atoms. The highest BCUT2D eigenvalue weighted by molar-refractivity contribution is 6.07. The maximum absolute atomic E-state index is 5.18. The molecule has 12 rings (SSSR count). The molecule has 0 fully saturated rings. The summed E-state index contributed by atoms with van der Waals surface area (Å²) in [6, 6.07) is 81.5. The summed E-state index contributed by atoms with van der Waals surface area (Å²) in [7, 11) is 0. The predicted octanol–water partition coefficient (Wildman–Crippen LogP) is 16.1. The molecule has 0 bridgehead atoms. The molecule has 0 spiro atoms. The van der Waals surface area contributed by atoms with Crippen LogP contribution in [0.25, 0.3) is 83.0 Å². The molecule has 0 saturated heterocycles. The third kappa shape index (κ3) is 6.00. The molecule has 0 amide bonds. The first-order chi connectivity index (χ1) is 31.0. The van der Waals surface area contributed by atoms with E-state index in [4.69, 9.17) is 4.98 Å². The minimum atomic E-state index is -0.0795. The topological polar surface area (TPSA) is 21.1 Å². The number of anilines is 3. The molecule has 1 aromatic heterocycles. The van der Waals surface area contributed by atoms with Crippen molar-refractivity contribution in [3.8, 4) is 50.5 Å². The maximum atomic E-state index is 5.18. The summed E-state index contributed by atoms with van der Waals surface area (Å²) in [4.78, 5) is 7.59. The quantitative estimate of drug-likeness (QED) is 0.160. The molecule has 0 atom stereocenters. The van der Waals surface area contributed by atoms with E-state index < -0.39 is 0 Å². The number of para-hydroxylation sites is 3. The van der Waals surface area contributed by atoms with Gasteiger partial charge in [0.1, 0.15) is 5.82 Å². The highest BCUT2D eigenvalue weighted by Crippen LogP contribution is 2.50. The Kier molecular flexibility index (Phi) is 8.52. The number of fused-ring (bicyclic) bond motifs is 6. The summed E-state index contributed by atoms with van der Waals surface area (Å²) in [5.41, 5.74) is 17.7. The van der Waals surface area contributed by atoms with Gasteiger partial charge >= 0.3 is 0 Å². The molecule has 10 aromatic carbocycles. The van der Waals surface area contributed by atoms with Crippen molar-refractivity contribution < 1.29 is 0 Å². The molecule has 1 aliphatic rings. The van der Waals surface area contributed by atoms with Gasteiger partial charge in [0.05, 0.1) is 16.7 Å². The van der Waals surface area contributed by atoms with Crippen LogP contribution in [0.1, 0.15) is 25.0 Å². The van der Waals surface area contributed by atoms with Gasteiger partial charge in [0, 0.05) is 33.4 Å². The van der Waals surface area contributed by atoms with Gasteiger partial charge in [-0.05, 0) is 133 Å². The van der Waals surface area contributed by atoms with Gasteiger partial charge in [0.25, 0.3) is 0 Å². The van der Waals surface area contributed by atoms with E-state index in [0.29, 0.717) is 0 Å². The zero-order valence-corrected chi connectivity index (χ0v) is 35.2. The van der Waals surface area contributed by atoms with Crippen LogP contribution in [-0.2, 0) is 5.41 Å². The Morgan fingerprint density at radius 2 is 0.984 bits per heavy atom. The Morgan fingerprint density at radius 1 is 0.413 bits per heavy atom. The van der Waals surface area contributed by atoms with Gasteiger partial charge in [0.15, 0.2) is 0 Å². The molecule has 298 valence electrons. The summed E-state index contributed by atoms with van der Waals surface area (Å²) in [6.45, 7) is 4.71. The van der Waals surface area contributed by atoms with E-state index in [1.54, 1.807) is 0 Å². The van der Waals surface area contributed by atoms with E-state index in [1.165, 1.54) is 66.1 Å². The van der Waals surface area contributed by atoms with Crippen LogP contribution in [-0.4, -0.2) is 9.55 Å². The summed E-state index contributed by atoms with van der Waals surface area (Å²) in [5.74, 6) is 0.912. The molecular formula is C60H43N3. The smallest absolute Gasteiger partial charge is 0.145 e. The molecule has 0 radical (unpaired) electrons. The van der Waals surface area contributed by atoms with Gasteiger partial charge in [-0.1, -0.05) is 166 Å². The van der Waals surface area contributed by atoms with Crippen molar-refractivity contribution in [2.24, 2.45) is 0 Å². The maximum Gasteiger partial charge on any atom is 0.145 e. The zero-order chi connectivity index (χ0) is 42.1. The Hall–Kier alpha value is -8.01. The van der Waals surface area contributed by atoms with E-state index in [-0.39, 0.29) is 5.41 Å². The van der Waals surface area contributed by atoms with E-state index in [1.807, 2.05) is 0 Å². The number of hydrogen-bond donors (Lipinski definition) is 0. The average molecular weight is 806 g/mol. The van der Waals surface area contributed by atoms with Crippen LogP contribution in [0.15, 0.2) is 224 Å². The highest BCUT2D eigenvalue weighted by atomic mass is 15.1. The Balaban J connectivity index is 1.00. The first kappa shape index (κ1) is 36.8. The third-order valence-corrected chi connectivity index (χ3v) is 13.2. The number of imidazole rings is 1. The van der Waals surface area contributed by atoms with E-state index in [9.17, 15) is 0 Å². The SMILES string of the molecule is CC1(C)c2ccccc2-c2ccc(-c3ccc(N(c4ccc(-c5cccc6ccccc56)cc4)c4ccc(-c5nc6ccccc6n5-c5ccccc5)cc4)c4ccccc34)cc21. The Morgan fingerprint density at radius 3 is 1.79 bits per heavy atom. The van der Waals surface area contributed by atoms with Crippen molar-refractivity contribution in [2.45, 2.75) is 19.3 Å². The van der Waals surface area contributed by atoms with E-state index >= 15 is 0 Å². The molecule has 0 saturated carbocycles. The second-order valence-corrected chi connectivity index (χ2v) is 17.2. The minimum Gasteiger partial charge on any atom is -0.310 e. The van der Waals surface area contributed by atoms with Crippen LogP contribution < -0.4 is 4.90 Å². The van der Waals surface area contributed by atoms with Crippen molar-refractivity contribution in [3.63, 3.8) is 0 Å². The normalized spacial score (nSPS) is 12.7. The molecule has 0 aliphatic heterocycles. The first-order valence-electron chi connectivity index (χ1n) is 21.8. The fourth-order valence-electron chi connectivity index (χ4n) is 10.1. The Labute approximate surface area is 367 Å². The van der Waals surface area contributed by atoms with Gasteiger partial charge < -0.3 is 4.90 Å². The number of rotatable bonds is 7. The van der Waals surface area contributed by atoms with Gasteiger partial charge in [-0.25, -0.2) is 4.98 Å². The van der Waals surface area contributed by atoms with Gasteiger partial charge in [-0.15, -0.1) is 0 Å². The molecule has 0 N–H and O–H groups in total. The van der Waals surface area contributed by atoms with Gasteiger partial charge in [-0.2, -0.15) is 0 Å². The van der Waals surface area contributed by atoms with Crippen LogP contribution >= 0.6 is 0 Å². The summed E-state index contributed by atoms with van der Waals surface area (Å²) in [5, 5.41) is 4.90. The number of hydrogen-bond acceptors (Lipinski definition) is 2. The standard InChI is InChI=1S/C60H43N3/c1-60(2)54-24-11-10-21-51(54)52-36-31-43(39-55(52)60)49-37-38-57(53-22-9-8-20-50(49)53)62(45-32-27-41(28-33-45)48-23-14-16-40-15-6-7-19-47(40)48)46-34-29-42(30-35-46)59-61-56-25-12-13-26-58(56)63(59)44-17-4-3-5-18-44/h3-39H,1-2H3. The molecule has 1 heterocycles. The number of benzene rings is 10. The first-order valence-corrected chi connectivity index (χ1v) is 21.8. The average Bonchev–Trinajstić information content (AvgIpc) is 3.84. The summed E-state index contributed by atoms with van der Waals surface area (Å²) in [6.07, 6.45) is 0. The third-order valence-electron chi connectivity index (χ3n) is 13.2. The highest BCUT2D eigenvalue weighted by Gasteiger charge is 2.35. The second-order valence-electron chi connectivity index (χ2n) is 17.2. The zero-order valence-electron chi connectivity index (χ0n) is 35.2. The van der Waals surface area contributed by atoms with E-state index in [2.05, 4.69) is 248 Å². The molecule has 3 heteroatoms. The lowest BCUT2D eigenvalue weighted by Crippen LogP contribution is -2.14. The monoisotopic (exact) mass is 805 g/mol. The van der Waals surface area contributed by atoms with E-state index in [0.717, 1.165) is 45.2 Å². The van der Waals surface area contributed by atoms with Gasteiger partial charge in [-0.3, -0.25) is 4.57 Å². The Bertz CT molecular complexity index is 3520. The lowest BCUT2D eigenvalue weighted by atomic mass is 9.81. The largest absolute Gasteiger partial charge is 0.310 e. The molecule has 11 aromatic rings. The van der Waals surface area contributed by atoms with Crippen LogP contribution in [0.4, 0.5) is 17.1 Å². The van der Waals surface area contributed by atoms with Crippen molar-refractivity contribution in [1.82, 2.24) is 9.55 Å². The summed E-state index contributed by atoms with van der Waals surface area (Å²) >= 11 is 0. The van der Waals surface area contributed by atoms with Crippen LogP contribution in [0.5, 0.6) is 0 Å². The van der Waals surface area contributed by atoms with Crippen molar-refractivity contribution in [3.05, 3.63) is 236 Å². The molecule has 1 aliphatic carbocycles. The van der Waals surface area contributed by atoms with Crippen LogP contribution in [0, 0.1) is 0 Å². The second kappa shape index (κ2) is 14.6. The molecule has 3 nitrogen and oxygen atoms in total. The van der Waals surface area contributed by atoms with Crippen LogP contribution in [0.2, 0.25) is 0 Å². The fraction of sp³-hybridized carbons (Fsp3) is 0.0500. The lowest BCUT2D eigenvalue weighted by Gasteiger charge is -2.28. The molecular weight excluding hydrogens is 763 g/mol. The van der Waals surface area contributed by atoms with Gasteiger partial charge in [0.2, 0.25) is 0 Å².